The van der Waals surface area contributed by atoms with Gasteiger partial charge in [0.25, 0.3) is 0 Å². The molecule has 1 heterocycles. The summed E-state index contributed by atoms with van der Waals surface area (Å²) in [5.74, 6) is -0.289. The smallest absolute Gasteiger partial charge is 0.317 e. The van der Waals surface area contributed by atoms with E-state index >= 15 is 0 Å². The zero-order valence-corrected chi connectivity index (χ0v) is 13.5. The number of urea groups is 1. The highest BCUT2D eigenvalue weighted by Gasteiger charge is 2.25. The second-order valence-corrected chi connectivity index (χ2v) is 6.19. The number of rotatable bonds is 6. The Balaban J connectivity index is 1.85. The Morgan fingerprint density at radius 1 is 1.18 bits per heavy atom. The third kappa shape index (κ3) is 5.48. The Kier molecular flexibility index (Phi) is 6.96. The third-order valence-electron chi connectivity index (χ3n) is 4.48. The maximum absolute atomic E-state index is 12.5. The number of nitrogens with zero attached hydrogens (tertiary/aromatic N) is 1. The molecule has 1 saturated carbocycles. The monoisotopic (exact) mass is 312 g/mol. The number of hydrogen-bond acceptors (Lipinski definition) is 4. The molecule has 0 aromatic heterocycles. The van der Waals surface area contributed by atoms with Crippen molar-refractivity contribution >= 4 is 12.0 Å². The first-order valence-corrected chi connectivity index (χ1v) is 8.43. The highest BCUT2D eigenvalue weighted by atomic mass is 16.5. The molecule has 0 aromatic rings. The van der Waals surface area contributed by atoms with Crippen LogP contribution in [0.15, 0.2) is 0 Å². The lowest BCUT2D eigenvalue weighted by Crippen LogP contribution is -2.48. The molecule has 0 spiro atoms. The Morgan fingerprint density at radius 2 is 1.95 bits per heavy atom. The highest BCUT2D eigenvalue weighted by Crippen LogP contribution is 2.18. The summed E-state index contributed by atoms with van der Waals surface area (Å²) in [4.78, 5) is 25.6. The largest absolute Gasteiger partial charge is 0.469 e. The van der Waals surface area contributed by atoms with Crippen molar-refractivity contribution in [3.8, 4) is 0 Å². The summed E-state index contributed by atoms with van der Waals surface area (Å²) in [6, 6.07) is 0.192. The molecular formula is C16H28N2O4. The first-order chi connectivity index (χ1) is 10.7. The van der Waals surface area contributed by atoms with Crippen molar-refractivity contribution in [2.75, 3.05) is 26.8 Å². The minimum atomic E-state index is -0.289. The highest BCUT2D eigenvalue weighted by molar-refractivity contribution is 5.76. The van der Waals surface area contributed by atoms with Gasteiger partial charge in [0.1, 0.15) is 0 Å². The number of amides is 2. The topological polar surface area (TPSA) is 67.9 Å². The molecule has 0 radical (unpaired) electrons. The van der Waals surface area contributed by atoms with Crippen LogP contribution in [0.4, 0.5) is 4.79 Å². The molecule has 1 atom stereocenters. The van der Waals surface area contributed by atoms with Crippen LogP contribution in [0.1, 0.15) is 51.4 Å². The average molecular weight is 312 g/mol. The van der Waals surface area contributed by atoms with Gasteiger partial charge in [0.05, 0.1) is 19.6 Å². The van der Waals surface area contributed by atoms with Crippen LogP contribution in [0.25, 0.3) is 0 Å². The van der Waals surface area contributed by atoms with E-state index in [0.29, 0.717) is 13.1 Å². The number of carbonyl (C=O) groups is 2. The van der Waals surface area contributed by atoms with Gasteiger partial charge in [0, 0.05) is 25.7 Å². The lowest BCUT2D eigenvalue weighted by atomic mass is 9.96. The molecule has 1 N–H and O–H groups in total. The van der Waals surface area contributed by atoms with E-state index in [1.165, 1.54) is 26.4 Å². The second-order valence-electron chi connectivity index (χ2n) is 6.19. The minimum absolute atomic E-state index is 0.0775. The van der Waals surface area contributed by atoms with Gasteiger partial charge < -0.3 is 19.7 Å². The summed E-state index contributed by atoms with van der Waals surface area (Å²) >= 11 is 0. The predicted molar refractivity (Wildman–Crippen MR) is 82.6 cm³/mol. The quantitative estimate of drug-likeness (QED) is 0.762. The van der Waals surface area contributed by atoms with E-state index < -0.39 is 0 Å². The summed E-state index contributed by atoms with van der Waals surface area (Å²) in [5, 5.41) is 3.11. The molecule has 0 aromatic carbocycles. The predicted octanol–water partition coefficient (Wildman–Crippen LogP) is 2.07. The molecule has 1 aliphatic heterocycles. The summed E-state index contributed by atoms with van der Waals surface area (Å²) in [7, 11) is 1.37. The number of hydrogen-bond donors (Lipinski definition) is 1. The van der Waals surface area contributed by atoms with Crippen molar-refractivity contribution < 1.29 is 19.1 Å². The van der Waals surface area contributed by atoms with Crippen LogP contribution in [0, 0.1) is 0 Å². The number of carbonyl (C=O) groups excluding carboxylic acids is 2. The summed E-state index contributed by atoms with van der Waals surface area (Å²) < 4.78 is 10.3. The molecule has 6 heteroatoms. The molecule has 126 valence electrons. The second kappa shape index (κ2) is 8.98. The summed E-state index contributed by atoms with van der Waals surface area (Å²) in [5.41, 5.74) is 0. The Morgan fingerprint density at radius 3 is 2.59 bits per heavy atom. The fourth-order valence-corrected chi connectivity index (χ4v) is 3.15. The van der Waals surface area contributed by atoms with Crippen LogP contribution in [0.5, 0.6) is 0 Å². The Hall–Kier alpha value is -1.30. The molecule has 1 saturated heterocycles. The van der Waals surface area contributed by atoms with Crippen molar-refractivity contribution in [1.29, 1.82) is 0 Å². The number of methoxy groups -OCH3 is 1. The maximum Gasteiger partial charge on any atom is 0.317 e. The van der Waals surface area contributed by atoms with Crippen molar-refractivity contribution in [3.63, 3.8) is 0 Å². The van der Waals surface area contributed by atoms with Gasteiger partial charge >= 0.3 is 12.0 Å². The lowest BCUT2D eigenvalue weighted by Gasteiger charge is -2.29. The molecule has 2 aliphatic rings. The maximum atomic E-state index is 12.5. The SMILES string of the molecule is COC(=O)CCN(CC1CCCO1)C(=O)NC1CCCCC1. The molecule has 22 heavy (non-hydrogen) atoms. The zero-order valence-electron chi connectivity index (χ0n) is 13.5. The van der Waals surface area contributed by atoms with Gasteiger partial charge in [-0.25, -0.2) is 4.79 Å². The van der Waals surface area contributed by atoms with Gasteiger partial charge in [0.2, 0.25) is 0 Å². The minimum Gasteiger partial charge on any atom is -0.469 e. The first-order valence-electron chi connectivity index (χ1n) is 8.43. The molecule has 2 rings (SSSR count). The lowest BCUT2D eigenvalue weighted by molar-refractivity contribution is -0.140. The molecule has 2 fully saturated rings. The van der Waals surface area contributed by atoms with Crippen molar-refractivity contribution in [3.05, 3.63) is 0 Å². The molecule has 1 unspecified atom stereocenters. The molecule has 2 amide bonds. The van der Waals surface area contributed by atoms with Gasteiger partial charge in [0.15, 0.2) is 0 Å². The third-order valence-corrected chi connectivity index (χ3v) is 4.48. The van der Waals surface area contributed by atoms with Crippen LogP contribution in [0.2, 0.25) is 0 Å². The van der Waals surface area contributed by atoms with Crippen LogP contribution in [-0.2, 0) is 14.3 Å². The molecular weight excluding hydrogens is 284 g/mol. The fraction of sp³-hybridized carbons (Fsp3) is 0.875. The number of ether oxygens (including phenoxy) is 2. The van der Waals surface area contributed by atoms with E-state index in [1.807, 2.05) is 0 Å². The summed E-state index contributed by atoms with van der Waals surface area (Å²) in [6.45, 7) is 1.69. The van der Waals surface area contributed by atoms with Gasteiger partial charge in [-0.3, -0.25) is 4.79 Å². The average Bonchev–Trinajstić information content (AvgIpc) is 3.05. The Bertz CT molecular complexity index is 363. The molecule has 1 aliphatic carbocycles. The van der Waals surface area contributed by atoms with E-state index in [2.05, 4.69) is 10.1 Å². The van der Waals surface area contributed by atoms with Crippen LogP contribution in [-0.4, -0.2) is 55.9 Å². The fourth-order valence-electron chi connectivity index (χ4n) is 3.15. The van der Waals surface area contributed by atoms with Gasteiger partial charge in [-0.15, -0.1) is 0 Å². The van der Waals surface area contributed by atoms with E-state index in [0.717, 1.165) is 32.3 Å². The van der Waals surface area contributed by atoms with Gasteiger partial charge in [-0.2, -0.15) is 0 Å². The number of nitrogens with one attached hydrogen (secondary N) is 1. The van der Waals surface area contributed by atoms with E-state index in [4.69, 9.17) is 4.74 Å². The van der Waals surface area contributed by atoms with Crippen molar-refractivity contribution in [2.45, 2.75) is 63.5 Å². The van der Waals surface area contributed by atoms with Crippen LogP contribution < -0.4 is 5.32 Å². The van der Waals surface area contributed by atoms with E-state index in [9.17, 15) is 9.59 Å². The van der Waals surface area contributed by atoms with Gasteiger partial charge in [-0.1, -0.05) is 19.3 Å². The zero-order chi connectivity index (χ0) is 15.8. The molecule has 0 bridgehead atoms. The Labute approximate surface area is 132 Å². The van der Waals surface area contributed by atoms with E-state index in [1.54, 1.807) is 4.90 Å². The summed E-state index contributed by atoms with van der Waals surface area (Å²) in [6.07, 6.45) is 8.06. The van der Waals surface area contributed by atoms with Crippen LogP contribution >= 0.6 is 0 Å². The standard InChI is InChI=1S/C16H28N2O4/c1-21-15(19)9-10-18(12-14-8-5-11-22-14)16(20)17-13-6-3-2-4-7-13/h13-14H,2-12H2,1H3,(H,17,20). The normalized spacial score (nSPS) is 22.3. The first kappa shape index (κ1) is 17.1. The van der Waals surface area contributed by atoms with Crippen molar-refractivity contribution in [1.82, 2.24) is 10.2 Å². The van der Waals surface area contributed by atoms with E-state index in [-0.39, 0.29) is 30.6 Å². The van der Waals surface area contributed by atoms with Gasteiger partial charge in [-0.05, 0) is 25.7 Å². The van der Waals surface area contributed by atoms with Crippen LogP contribution in [0.3, 0.4) is 0 Å². The van der Waals surface area contributed by atoms with Crippen molar-refractivity contribution in [2.24, 2.45) is 0 Å². The number of esters is 1. The molecule has 6 nitrogen and oxygen atoms in total.